The Labute approximate surface area is 140 Å². The van der Waals surface area contributed by atoms with Crippen LogP contribution in [-0.2, 0) is 10.2 Å². The zero-order valence-electron chi connectivity index (χ0n) is 13.3. The minimum atomic E-state index is -3.43. The SMILES string of the molecule is CN(C)S(=O)(=O)N1CC(c2nc(N)ncc2-c2ccc(F)cc2)C1. The number of hydrogen-bond donors (Lipinski definition) is 1. The molecule has 1 aromatic heterocycles. The summed E-state index contributed by atoms with van der Waals surface area (Å²) in [6.45, 7) is 0.649. The number of nitrogens with two attached hydrogens (primary N) is 1. The lowest BCUT2D eigenvalue weighted by molar-refractivity contribution is 0.246. The summed E-state index contributed by atoms with van der Waals surface area (Å²) in [6, 6.07) is 6.00. The number of nitrogens with zero attached hydrogens (tertiary/aromatic N) is 4. The molecule has 24 heavy (non-hydrogen) atoms. The van der Waals surface area contributed by atoms with Gasteiger partial charge in [-0.1, -0.05) is 12.1 Å². The number of rotatable bonds is 4. The van der Waals surface area contributed by atoms with Crippen molar-refractivity contribution in [3.05, 3.63) is 42.0 Å². The maximum absolute atomic E-state index is 13.1. The van der Waals surface area contributed by atoms with Gasteiger partial charge in [0.25, 0.3) is 10.2 Å². The number of benzene rings is 1. The molecule has 0 atom stereocenters. The number of nitrogen functional groups attached to an aromatic ring is 1. The van der Waals surface area contributed by atoms with Gasteiger partial charge in [-0.2, -0.15) is 17.0 Å². The van der Waals surface area contributed by atoms with Crippen LogP contribution in [0.2, 0.25) is 0 Å². The standard InChI is InChI=1S/C15H18FN5O2S/c1-20(2)24(22,23)21-8-11(9-21)14-13(7-18-15(17)19-14)10-3-5-12(16)6-4-10/h3-7,11H,8-9H2,1-2H3,(H2,17,18,19). The molecule has 9 heteroatoms. The van der Waals surface area contributed by atoms with Gasteiger partial charge in [0.1, 0.15) is 5.82 Å². The molecule has 2 aromatic rings. The van der Waals surface area contributed by atoms with Crippen molar-refractivity contribution in [2.75, 3.05) is 32.9 Å². The van der Waals surface area contributed by atoms with Crippen molar-refractivity contribution in [2.24, 2.45) is 0 Å². The van der Waals surface area contributed by atoms with Gasteiger partial charge in [-0.3, -0.25) is 0 Å². The number of anilines is 1. The molecule has 2 heterocycles. The molecule has 1 aromatic carbocycles. The third-order valence-electron chi connectivity index (χ3n) is 4.01. The molecule has 0 bridgehead atoms. The summed E-state index contributed by atoms with van der Waals surface area (Å²) >= 11 is 0. The van der Waals surface area contributed by atoms with Crippen LogP contribution in [0.3, 0.4) is 0 Å². The highest BCUT2D eigenvalue weighted by molar-refractivity contribution is 7.86. The van der Waals surface area contributed by atoms with E-state index >= 15 is 0 Å². The molecule has 0 amide bonds. The predicted octanol–water partition coefficient (Wildman–Crippen LogP) is 1.07. The molecule has 0 radical (unpaired) electrons. The summed E-state index contributed by atoms with van der Waals surface area (Å²) in [6.07, 6.45) is 1.59. The third-order valence-corrected chi connectivity index (χ3v) is 5.89. The van der Waals surface area contributed by atoms with Crippen molar-refractivity contribution >= 4 is 16.2 Å². The molecule has 1 fully saturated rings. The van der Waals surface area contributed by atoms with Gasteiger partial charge in [0.2, 0.25) is 5.95 Å². The molecule has 3 rings (SSSR count). The summed E-state index contributed by atoms with van der Waals surface area (Å²) in [5.74, 6) is -0.279. The maximum Gasteiger partial charge on any atom is 0.281 e. The molecule has 1 aliphatic heterocycles. The van der Waals surface area contributed by atoms with Crippen LogP contribution in [0.25, 0.3) is 11.1 Å². The van der Waals surface area contributed by atoms with Crippen LogP contribution in [-0.4, -0.2) is 54.2 Å². The van der Waals surface area contributed by atoms with Crippen molar-refractivity contribution < 1.29 is 12.8 Å². The molecular weight excluding hydrogens is 333 g/mol. The van der Waals surface area contributed by atoms with E-state index in [0.29, 0.717) is 18.8 Å². The second-order valence-corrected chi connectivity index (χ2v) is 7.98. The highest BCUT2D eigenvalue weighted by Crippen LogP contribution is 2.35. The van der Waals surface area contributed by atoms with Crippen molar-refractivity contribution in [3.8, 4) is 11.1 Å². The minimum absolute atomic E-state index is 0.0786. The fourth-order valence-electron chi connectivity index (χ4n) is 2.60. The van der Waals surface area contributed by atoms with E-state index < -0.39 is 10.2 Å². The number of aromatic nitrogens is 2. The molecule has 1 aliphatic rings. The van der Waals surface area contributed by atoms with Gasteiger partial charge in [0.15, 0.2) is 0 Å². The van der Waals surface area contributed by atoms with Crippen LogP contribution < -0.4 is 5.73 Å². The minimum Gasteiger partial charge on any atom is -0.368 e. The average Bonchev–Trinajstić information content (AvgIpc) is 2.47. The lowest BCUT2D eigenvalue weighted by atomic mass is 9.92. The van der Waals surface area contributed by atoms with E-state index in [-0.39, 0.29) is 17.7 Å². The Bertz CT molecular complexity index is 849. The van der Waals surface area contributed by atoms with Crippen molar-refractivity contribution in [1.29, 1.82) is 0 Å². The quantitative estimate of drug-likeness (QED) is 0.889. The first kappa shape index (κ1) is 16.7. The molecule has 128 valence electrons. The van der Waals surface area contributed by atoms with E-state index in [0.717, 1.165) is 11.1 Å². The fourth-order valence-corrected chi connectivity index (χ4v) is 3.80. The largest absolute Gasteiger partial charge is 0.368 e. The predicted molar refractivity (Wildman–Crippen MR) is 88.8 cm³/mol. The Morgan fingerprint density at radius 3 is 2.46 bits per heavy atom. The van der Waals surface area contributed by atoms with Crippen LogP contribution in [0.1, 0.15) is 11.6 Å². The summed E-state index contributed by atoms with van der Waals surface area (Å²) in [5, 5.41) is 0. The van der Waals surface area contributed by atoms with E-state index in [2.05, 4.69) is 9.97 Å². The second kappa shape index (κ2) is 6.08. The Hall–Kier alpha value is -2.10. The third kappa shape index (κ3) is 2.97. The van der Waals surface area contributed by atoms with Crippen molar-refractivity contribution in [1.82, 2.24) is 18.6 Å². The number of hydrogen-bond acceptors (Lipinski definition) is 5. The van der Waals surface area contributed by atoms with Crippen molar-refractivity contribution in [3.63, 3.8) is 0 Å². The first-order valence-electron chi connectivity index (χ1n) is 7.35. The molecule has 0 aliphatic carbocycles. The first-order chi connectivity index (χ1) is 11.3. The van der Waals surface area contributed by atoms with Gasteiger partial charge in [-0.05, 0) is 17.7 Å². The highest BCUT2D eigenvalue weighted by Gasteiger charge is 2.39. The summed E-state index contributed by atoms with van der Waals surface area (Å²) in [5.41, 5.74) is 7.87. The van der Waals surface area contributed by atoms with Crippen LogP contribution in [0.5, 0.6) is 0 Å². The molecular formula is C15H18FN5O2S. The normalized spacial score (nSPS) is 16.3. The molecule has 1 saturated heterocycles. The van der Waals surface area contributed by atoms with E-state index in [1.807, 2.05) is 0 Å². The Kier molecular flexibility index (Phi) is 4.24. The zero-order valence-corrected chi connectivity index (χ0v) is 14.2. The average molecular weight is 351 g/mol. The molecule has 0 unspecified atom stereocenters. The van der Waals surface area contributed by atoms with E-state index in [4.69, 9.17) is 5.73 Å². The Balaban J connectivity index is 1.90. The smallest absolute Gasteiger partial charge is 0.281 e. The topological polar surface area (TPSA) is 92.4 Å². The highest BCUT2D eigenvalue weighted by atomic mass is 32.2. The van der Waals surface area contributed by atoms with Gasteiger partial charge in [-0.15, -0.1) is 0 Å². The van der Waals surface area contributed by atoms with Gasteiger partial charge in [-0.25, -0.2) is 14.4 Å². The Morgan fingerprint density at radius 2 is 1.88 bits per heavy atom. The molecule has 7 nitrogen and oxygen atoms in total. The fraction of sp³-hybridized carbons (Fsp3) is 0.333. The second-order valence-electron chi connectivity index (χ2n) is 5.84. The maximum atomic E-state index is 13.1. The van der Waals surface area contributed by atoms with Gasteiger partial charge in [0, 0.05) is 44.9 Å². The lowest BCUT2D eigenvalue weighted by Crippen LogP contribution is -2.52. The first-order valence-corrected chi connectivity index (χ1v) is 8.74. The lowest BCUT2D eigenvalue weighted by Gasteiger charge is -2.39. The molecule has 2 N–H and O–H groups in total. The van der Waals surface area contributed by atoms with E-state index in [9.17, 15) is 12.8 Å². The zero-order chi connectivity index (χ0) is 17.5. The van der Waals surface area contributed by atoms with Gasteiger partial charge in [0.05, 0.1) is 5.69 Å². The van der Waals surface area contributed by atoms with E-state index in [1.165, 1.54) is 34.8 Å². The molecule has 0 spiro atoms. The number of halogens is 1. The van der Waals surface area contributed by atoms with E-state index in [1.54, 1.807) is 18.3 Å². The van der Waals surface area contributed by atoms with Crippen LogP contribution in [0.4, 0.5) is 10.3 Å². The molecule has 0 saturated carbocycles. The summed E-state index contributed by atoms with van der Waals surface area (Å²) < 4.78 is 39.9. The van der Waals surface area contributed by atoms with Gasteiger partial charge >= 0.3 is 0 Å². The van der Waals surface area contributed by atoms with Crippen molar-refractivity contribution in [2.45, 2.75) is 5.92 Å². The Morgan fingerprint density at radius 1 is 1.25 bits per heavy atom. The summed E-state index contributed by atoms with van der Waals surface area (Å²) in [4.78, 5) is 8.30. The van der Waals surface area contributed by atoms with Crippen LogP contribution in [0, 0.1) is 5.82 Å². The van der Waals surface area contributed by atoms with Crippen LogP contribution in [0.15, 0.2) is 30.5 Å². The monoisotopic (exact) mass is 351 g/mol. The van der Waals surface area contributed by atoms with Crippen LogP contribution >= 0.6 is 0 Å². The van der Waals surface area contributed by atoms with Gasteiger partial charge < -0.3 is 5.73 Å². The summed E-state index contributed by atoms with van der Waals surface area (Å²) in [7, 11) is -0.441.